The molecule has 2 N–H and O–H groups in total. The average molecular weight is 284 g/mol. The van der Waals surface area contributed by atoms with Gasteiger partial charge in [-0.1, -0.05) is 65.7 Å². The Hall–Kier alpha value is -0.570. The zero-order valence-corrected chi connectivity index (χ0v) is 14.0. The number of nitrogens with one attached hydrogen (secondary N) is 2. The molecule has 0 unspecified atom stereocenters. The maximum absolute atomic E-state index is 11.5. The smallest absolute Gasteiger partial charge is 0.233 e. The molecule has 120 valence electrons. The second-order valence-corrected chi connectivity index (χ2v) is 6.18. The number of rotatable bonds is 14. The highest BCUT2D eigenvalue weighted by atomic mass is 16.1. The Kier molecular flexibility index (Phi) is 14.4. The second kappa shape index (κ2) is 14.8. The number of amides is 1. The van der Waals surface area contributed by atoms with E-state index >= 15 is 0 Å². The van der Waals surface area contributed by atoms with Crippen molar-refractivity contribution in [1.29, 1.82) is 0 Å². The number of hydrogen-bond acceptors (Lipinski definition) is 2. The van der Waals surface area contributed by atoms with Crippen molar-refractivity contribution in [2.75, 3.05) is 19.6 Å². The second-order valence-electron chi connectivity index (χ2n) is 6.18. The van der Waals surface area contributed by atoms with Crippen molar-refractivity contribution in [1.82, 2.24) is 10.6 Å². The first-order chi connectivity index (χ1) is 9.66. The fourth-order valence-electron chi connectivity index (χ4n) is 2.15. The zero-order chi connectivity index (χ0) is 15.1. The first-order valence-corrected chi connectivity index (χ1v) is 8.64. The molecule has 0 aliphatic rings. The SMILES string of the molecule is CCCCCCCCCCNCC(=O)NCCC(C)C. The number of carbonyl (C=O) groups is 1. The van der Waals surface area contributed by atoms with E-state index in [2.05, 4.69) is 31.4 Å². The third-order valence-corrected chi connectivity index (χ3v) is 3.54. The van der Waals surface area contributed by atoms with E-state index in [0.29, 0.717) is 12.5 Å². The van der Waals surface area contributed by atoms with Gasteiger partial charge in [0.15, 0.2) is 0 Å². The molecule has 0 aromatic carbocycles. The minimum Gasteiger partial charge on any atom is -0.355 e. The van der Waals surface area contributed by atoms with Gasteiger partial charge in [-0.05, 0) is 25.3 Å². The van der Waals surface area contributed by atoms with Crippen LogP contribution in [0.3, 0.4) is 0 Å². The molecule has 1 amide bonds. The van der Waals surface area contributed by atoms with E-state index in [9.17, 15) is 4.79 Å². The molecule has 0 aliphatic heterocycles. The summed E-state index contributed by atoms with van der Waals surface area (Å²) in [7, 11) is 0. The molecule has 0 rings (SSSR count). The van der Waals surface area contributed by atoms with Crippen LogP contribution < -0.4 is 10.6 Å². The average Bonchev–Trinajstić information content (AvgIpc) is 2.40. The maximum atomic E-state index is 11.5. The van der Waals surface area contributed by atoms with Crippen molar-refractivity contribution in [2.24, 2.45) is 5.92 Å². The van der Waals surface area contributed by atoms with Crippen LogP contribution in [0.5, 0.6) is 0 Å². The van der Waals surface area contributed by atoms with Crippen molar-refractivity contribution in [3.8, 4) is 0 Å². The van der Waals surface area contributed by atoms with E-state index in [-0.39, 0.29) is 5.91 Å². The number of carbonyl (C=O) groups excluding carboxylic acids is 1. The summed E-state index contributed by atoms with van der Waals surface area (Å²) in [4.78, 5) is 11.5. The molecule has 0 saturated carbocycles. The molecule has 0 aromatic rings. The van der Waals surface area contributed by atoms with Gasteiger partial charge in [-0.3, -0.25) is 4.79 Å². The fraction of sp³-hybridized carbons (Fsp3) is 0.941. The van der Waals surface area contributed by atoms with Gasteiger partial charge in [0, 0.05) is 6.54 Å². The summed E-state index contributed by atoms with van der Waals surface area (Å²) in [5.74, 6) is 0.783. The van der Waals surface area contributed by atoms with E-state index in [4.69, 9.17) is 0 Å². The molecule has 3 heteroatoms. The third-order valence-electron chi connectivity index (χ3n) is 3.54. The summed E-state index contributed by atoms with van der Waals surface area (Å²) in [6.07, 6.45) is 11.7. The molecule has 20 heavy (non-hydrogen) atoms. The highest BCUT2D eigenvalue weighted by molar-refractivity contribution is 5.77. The molecule has 0 bridgehead atoms. The Morgan fingerprint density at radius 1 is 0.900 bits per heavy atom. The van der Waals surface area contributed by atoms with Gasteiger partial charge in [0.2, 0.25) is 5.91 Å². The molecular formula is C17H36N2O. The Morgan fingerprint density at radius 3 is 2.10 bits per heavy atom. The van der Waals surface area contributed by atoms with E-state index in [1.165, 1.54) is 51.4 Å². The van der Waals surface area contributed by atoms with Gasteiger partial charge in [0.05, 0.1) is 6.54 Å². The summed E-state index contributed by atoms with van der Waals surface area (Å²) in [5, 5.41) is 6.17. The minimum atomic E-state index is 0.130. The lowest BCUT2D eigenvalue weighted by molar-refractivity contribution is -0.120. The van der Waals surface area contributed by atoms with Crippen LogP contribution in [0, 0.1) is 5.92 Å². The summed E-state index contributed by atoms with van der Waals surface area (Å²) in [6, 6.07) is 0. The topological polar surface area (TPSA) is 41.1 Å². The van der Waals surface area contributed by atoms with Gasteiger partial charge in [0.25, 0.3) is 0 Å². The summed E-state index contributed by atoms with van der Waals surface area (Å²) < 4.78 is 0. The van der Waals surface area contributed by atoms with Crippen LogP contribution in [0.4, 0.5) is 0 Å². The molecule has 3 nitrogen and oxygen atoms in total. The van der Waals surface area contributed by atoms with Gasteiger partial charge in [-0.25, -0.2) is 0 Å². The molecule has 0 aromatic heterocycles. The van der Waals surface area contributed by atoms with Crippen LogP contribution in [0.15, 0.2) is 0 Å². The fourth-order valence-corrected chi connectivity index (χ4v) is 2.15. The van der Waals surface area contributed by atoms with E-state index in [1.807, 2.05) is 0 Å². The van der Waals surface area contributed by atoms with Crippen LogP contribution in [0.25, 0.3) is 0 Å². The Labute approximate surface area is 126 Å². The summed E-state index contributed by atoms with van der Waals surface area (Å²) in [5.41, 5.74) is 0. The van der Waals surface area contributed by atoms with Crippen LogP contribution in [0.2, 0.25) is 0 Å². The molecule has 0 heterocycles. The van der Waals surface area contributed by atoms with Gasteiger partial charge in [0.1, 0.15) is 0 Å². The van der Waals surface area contributed by atoms with E-state index < -0.39 is 0 Å². The molecule has 0 aliphatic carbocycles. The lowest BCUT2D eigenvalue weighted by atomic mass is 10.1. The quantitative estimate of drug-likeness (QED) is 0.475. The lowest BCUT2D eigenvalue weighted by Crippen LogP contribution is -2.35. The molecule has 0 fully saturated rings. The molecule has 0 saturated heterocycles. The van der Waals surface area contributed by atoms with Crippen molar-refractivity contribution >= 4 is 5.91 Å². The molecular weight excluding hydrogens is 248 g/mol. The van der Waals surface area contributed by atoms with Crippen LogP contribution in [-0.4, -0.2) is 25.5 Å². The van der Waals surface area contributed by atoms with Crippen molar-refractivity contribution in [2.45, 2.75) is 78.6 Å². The van der Waals surface area contributed by atoms with Crippen molar-refractivity contribution < 1.29 is 4.79 Å². The van der Waals surface area contributed by atoms with E-state index in [1.54, 1.807) is 0 Å². The zero-order valence-electron chi connectivity index (χ0n) is 14.0. The Bertz CT molecular complexity index is 217. The first kappa shape index (κ1) is 19.4. The normalized spacial score (nSPS) is 11.0. The monoisotopic (exact) mass is 284 g/mol. The van der Waals surface area contributed by atoms with Gasteiger partial charge in [-0.2, -0.15) is 0 Å². The van der Waals surface area contributed by atoms with Gasteiger partial charge >= 0.3 is 0 Å². The first-order valence-electron chi connectivity index (χ1n) is 8.64. The summed E-state index contributed by atoms with van der Waals surface area (Å²) >= 11 is 0. The third kappa shape index (κ3) is 15.5. The predicted molar refractivity (Wildman–Crippen MR) is 87.9 cm³/mol. The largest absolute Gasteiger partial charge is 0.355 e. The van der Waals surface area contributed by atoms with Crippen LogP contribution in [-0.2, 0) is 4.79 Å². The van der Waals surface area contributed by atoms with Crippen molar-refractivity contribution in [3.63, 3.8) is 0 Å². The van der Waals surface area contributed by atoms with Crippen LogP contribution in [0.1, 0.15) is 78.6 Å². The van der Waals surface area contributed by atoms with Gasteiger partial charge in [-0.15, -0.1) is 0 Å². The highest BCUT2D eigenvalue weighted by Crippen LogP contribution is 2.07. The summed E-state index contributed by atoms with van der Waals surface area (Å²) in [6.45, 7) is 8.83. The molecule has 0 spiro atoms. The standard InChI is InChI=1S/C17H36N2O/c1-4-5-6-7-8-9-10-11-13-18-15-17(20)19-14-12-16(2)3/h16,18H,4-15H2,1-3H3,(H,19,20). The number of unbranched alkanes of at least 4 members (excludes halogenated alkanes) is 7. The van der Waals surface area contributed by atoms with E-state index in [0.717, 1.165) is 19.5 Å². The predicted octanol–water partition coefficient (Wildman–Crippen LogP) is 3.88. The van der Waals surface area contributed by atoms with Crippen LogP contribution >= 0.6 is 0 Å². The maximum Gasteiger partial charge on any atom is 0.233 e. The minimum absolute atomic E-state index is 0.130. The van der Waals surface area contributed by atoms with Gasteiger partial charge < -0.3 is 10.6 Å². The Balaban J connectivity index is 3.13. The highest BCUT2D eigenvalue weighted by Gasteiger charge is 2.00. The number of hydrogen-bond donors (Lipinski definition) is 2. The van der Waals surface area contributed by atoms with Crippen molar-refractivity contribution in [3.05, 3.63) is 0 Å². The Morgan fingerprint density at radius 2 is 1.50 bits per heavy atom. The lowest BCUT2D eigenvalue weighted by Gasteiger charge is -2.08. The molecule has 0 radical (unpaired) electrons. The molecule has 0 atom stereocenters.